The van der Waals surface area contributed by atoms with Crippen LogP contribution in [0.2, 0.25) is 0 Å². The molecule has 0 N–H and O–H groups in total. The lowest BCUT2D eigenvalue weighted by Crippen LogP contribution is -2.09. The van der Waals surface area contributed by atoms with Crippen molar-refractivity contribution in [2.24, 2.45) is 0 Å². The average molecular weight is 695 g/mol. The Morgan fingerprint density at radius 3 is 1.17 bits per heavy atom. The van der Waals surface area contributed by atoms with Crippen LogP contribution >= 0.6 is 0 Å². The number of ether oxygens (including phenoxy) is 2. The van der Waals surface area contributed by atoms with Crippen molar-refractivity contribution in [2.45, 2.75) is 118 Å². The van der Waals surface area contributed by atoms with Gasteiger partial charge in [0.15, 0.2) is 0 Å². The van der Waals surface area contributed by atoms with Gasteiger partial charge in [-0.1, -0.05) is 174 Å². The van der Waals surface area contributed by atoms with Crippen molar-refractivity contribution in [3.8, 4) is 22.6 Å². The lowest BCUT2D eigenvalue weighted by molar-refractivity contribution is -0.135. The first-order valence-electron chi connectivity index (χ1n) is 19.7. The highest BCUT2D eigenvalue weighted by Gasteiger charge is 2.24. The minimum atomic E-state index is -0.186. The maximum atomic E-state index is 13.4. The Morgan fingerprint density at radius 2 is 0.769 bits per heavy atom. The van der Waals surface area contributed by atoms with Gasteiger partial charge in [-0.25, -0.2) is 0 Å². The molecule has 0 aliphatic rings. The number of carbonyl (C=O) groups is 2. The maximum absolute atomic E-state index is 13.4. The van der Waals surface area contributed by atoms with E-state index in [0.717, 1.165) is 104 Å². The fraction of sp³-hybridized carbons (Fsp3) is 0.375. The number of esters is 2. The second-order valence-electron chi connectivity index (χ2n) is 14.6. The van der Waals surface area contributed by atoms with Gasteiger partial charge in [-0.05, 0) is 59.4 Å². The Kier molecular flexibility index (Phi) is 12.6. The summed E-state index contributed by atoms with van der Waals surface area (Å²) in [6, 6.07) is 29.4. The van der Waals surface area contributed by atoms with E-state index >= 15 is 0 Å². The van der Waals surface area contributed by atoms with Crippen molar-refractivity contribution in [1.29, 1.82) is 0 Å². The molecule has 0 unspecified atom stereocenters. The van der Waals surface area contributed by atoms with E-state index in [9.17, 15) is 9.59 Å². The SMILES string of the molecule is CCCCCCCCC(=O)Oc1c2ccccc2c(-c2c3ccccc3c(OC(=O)CCCCCCCC)c3ccc(C)cc23)c2cc(C)ccc12. The van der Waals surface area contributed by atoms with E-state index in [0.29, 0.717) is 24.3 Å². The molecule has 0 aliphatic heterocycles. The molecule has 6 aromatic carbocycles. The molecule has 0 aromatic heterocycles. The van der Waals surface area contributed by atoms with Gasteiger partial charge in [0.1, 0.15) is 11.5 Å². The molecule has 0 spiro atoms. The van der Waals surface area contributed by atoms with Gasteiger partial charge in [-0.2, -0.15) is 0 Å². The molecule has 0 saturated heterocycles. The van der Waals surface area contributed by atoms with Crippen LogP contribution in [0.15, 0.2) is 84.9 Å². The first kappa shape index (κ1) is 37.1. The molecule has 0 atom stereocenters. The van der Waals surface area contributed by atoms with Crippen molar-refractivity contribution in [3.63, 3.8) is 0 Å². The van der Waals surface area contributed by atoms with Crippen molar-refractivity contribution >= 4 is 55.0 Å². The highest BCUT2D eigenvalue weighted by molar-refractivity contribution is 6.27. The Hall–Kier alpha value is -4.70. The summed E-state index contributed by atoms with van der Waals surface area (Å²) in [5, 5.41) is 7.73. The molecular weight excluding hydrogens is 641 g/mol. The predicted octanol–water partition coefficient (Wildman–Crippen LogP) is 13.9. The molecule has 0 amide bonds. The molecule has 270 valence electrons. The second-order valence-corrected chi connectivity index (χ2v) is 14.6. The summed E-state index contributed by atoms with van der Waals surface area (Å²) >= 11 is 0. The van der Waals surface area contributed by atoms with Crippen LogP contribution in [0.3, 0.4) is 0 Å². The zero-order valence-electron chi connectivity index (χ0n) is 31.6. The number of carbonyl (C=O) groups excluding carboxylic acids is 2. The Bertz CT molecular complexity index is 2040. The van der Waals surface area contributed by atoms with Crippen molar-refractivity contribution in [2.75, 3.05) is 0 Å². The number of aryl methyl sites for hydroxylation is 2. The monoisotopic (exact) mass is 694 g/mol. The predicted molar refractivity (Wildman–Crippen MR) is 219 cm³/mol. The highest BCUT2D eigenvalue weighted by atomic mass is 16.5. The first-order valence-corrected chi connectivity index (χ1v) is 19.7. The molecule has 0 bridgehead atoms. The number of unbranched alkanes of at least 4 members (excludes halogenated alkanes) is 10. The van der Waals surface area contributed by atoms with Crippen LogP contribution in [-0.2, 0) is 9.59 Å². The van der Waals surface area contributed by atoms with Crippen LogP contribution in [0.4, 0.5) is 0 Å². The number of benzene rings is 6. The van der Waals surface area contributed by atoms with Crippen LogP contribution in [0.25, 0.3) is 54.2 Å². The molecule has 0 fully saturated rings. The molecule has 0 heterocycles. The highest BCUT2D eigenvalue weighted by Crippen LogP contribution is 2.50. The largest absolute Gasteiger partial charge is 0.425 e. The zero-order valence-corrected chi connectivity index (χ0v) is 31.6. The van der Waals surface area contributed by atoms with Crippen molar-refractivity contribution in [3.05, 3.63) is 96.1 Å². The summed E-state index contributed by atoms with van der Waals surface area (Å²) in [7, 11) is 0. The quantitative estimate of drug-likeness (QED) is 0.0413. The van der Waals surface area contributed by atoms with E-state index in [1.807, 2.05) is 12.1 Å². The van der Waals surface area contributed by atoms with Crippen LogP contribution in [0, 0.1) is 13.8 Å². The molecule has 52 heavy (non-hydrogen) atoms. The zero-order chi connectivity index (χ0) is 36.5. The van der Waals surface area contributed by atoms with Gasteiger partial charge < -0.3 is 9.47 Å². The molecule has 6 rings (SSSR count). The topological polar surface area (TPSA) is 52.6 Å². The molecular formula is C48H54O4. The molecule has 0 aliphatic carbocycles. The van der Waals surface area contributed by atoms with Gasteiger partial charge in [0, 0.05) is 34.4 Å². The normalized spacial score (nSPS) is 11.5. The Labute approximate surface area is 309 Å². The summed E-state index contributed by atoms with van der Waals surface area (Å²) in [5.41, 5.74) is 4.42. The Morgan fingerprint density at radius 1 is 0.423 bits per heavy atom. The fourth-order valence-electron chi connectivity index (χ4n) is 7.69. The number of hydrogen-bond donors (Lipinski definition) is 0. The van der Waals surface area contributed by atoms with Gasteiger partial charge in [0.2, 0.25) is 0 Å². The summed E-state index contributed by atoms with van der Waals surface area (Å²) < 4.78 is 12.6. The van der Waals surface area contributed by atoms with Crippen LogP contribution in [0.1, 0.15) is 115 Å². The number of hydrogen-bond acceptors (Lipinski definition) is 4. The van der Waals surface area contributed by atoms with E-state index in [-0.39, 0.29) is 11.9 Å². The second kappa shape index (κ2) is 17.7. The van der Waals surface area contributed by atoms with E-state index in [1.54, 1.807) is 0 Å². The van der Waals surface area contributed by atoms with Crippen LogP contribution < -0.4 is 9.47 Å². The van der Waals surface area contributed by atoms with Gasteiger partial charge in [-0.15, -0.1) is 0 Å². The van der Waals surface area contributed by atoms with Gasteiger partial charge in [0.05, 0.1) is 0 Å². The average Bonchev–Trinajstić information content (AvgIpc) is 3.15. The third-order valence-corrected chi connectivity index (χ3v) is 10.4. The molecule has 4 nitrogen and oxygen atoms in total. The summed E-state index contributed by atoms with van der Waals surface area (Å²) in [6.45, 7) is 8.65. The number of rotatable bonds is 17. The van der Waals surface area contributed by atoms with E-state index < -0.39 is 0 Å². The van der Waals surface area contributed by atoms with E-state index in [1.165, 1.54) is 38.5 Å². The lowest BCUT2D eigenvalue weighted by atomic mass is 9.84. The first-order chi connectivity index (χ1) is 25.4. The van der Waals surface area contributed by atoms with E-state index in [4.69, 9.17) is 9.47 Å². The fourth-order valence-corrected chi connectivity index (χ4v) is 7.69. The van der Waals surface area contributed by atoms with E-state index in [2.05, 4.69) is 100 Å². The summed E-state index contributed by atoms with van der Waals surface area (Å²) in [4.78, 5) is 26.8. The standard InChI is InChI=1S/C48H54O4/c1-5-7-9-11-13-15-25-43(49)51-47-37-23-19-17-21-35(37)45(41-31-33(3)27-29-39(41)47)46-36-22-18-20-24-38(36)48(40-30-28-34(4)32-42(40)46)52-44(50)26-16-14-12-10-8-6-2/h17-24,27-32H,5-16,25-26H2,1-4H3. The minimum absolute atomic E-state index is 0.186. The van der Waals surface area contributed by atoms with Gasteiger partial charge >= 0.3 is 11.9 Å². The van der Waals surface area contributed by atoms with Crippen molar-refractivity contribution in [1.82, 2.24) is 0 Å². The third kappa shape index (κ3) is 8.33. The smallest absolute Gasteiger partial charge is 0.311 e. The maximum Gasteiger partial charge on any atom is 0.311 e. The molecule has 0 saturated carbocycles. The number of fused-ring (bicyclic) bond motifs is 4. The Balaban J connectivity index is 1.48. The molecule has 6 aromatic rings. The van der Waals surface area contributed by atoms with Gasteiger partial charge in [-0.3, -0.25) is 9.59 Å². The molecule has 0 radical (unpaired) electrons. The summed E-state index contributed by atoms with van der Waals surface area (Å²) in [5.74, 6) is 0.869. The van der Waals surface area contributed by atoms with Crippen LogP contribution in [-0.4, -0.2) is 11.9 Å². The summed E-state index contributed by atoms with van der Waals surface area (Å²) in [6.07, 6.45) is 14.2. The van der Waals surface area contributed by atoms with Gasteiger partial charge in [0.25, 0.3) is 0 Å². The van der Waals surface area contributed by atoms with Crippen LogP contribution in [0.5, 0.6) is 11.5 Å². The molecule has 4 heteroatoms. The third-order valence-electron chi connectivity index (χ3n) is 10.4. The lowest BCUT2D eigenvalue weighted by Gasteiger charge is -2.22. The van der Waals surface area contributed by atoms with Crippen molar-refractivity contribution < 1.29 is 19.1 Å². The minimum Gasteiger partial charge on any atom is -0.425 e.